The van der Waals surface area contributed by atoms with E-state index in [1.165, 1.54) is 57.4 Å². The highest BCUT2D eigenvalue weighted by atomic mass is 28.3. The first kappa shape index (κ1) is 26.4. The fourth-order valence-corrected chi connectivity index (χ4v) is 4.92. The molecular formula is C27H44N2O2Si. The summed E-state index contributed by atoms with van der Waals surface area (Å²) < 4.78 is 11.7. The van der Waals surface area contributed by atoms with E-state index in [2.05, 4.69) is 36.5 Å². The summed E-state index contributed by atoms with van der Waals surface area (Å²) >= 11 is 0. The maximum atomic E-state index is 5.90. The lowest BCUT2D eigenvalue weighted by Gasteiger charge is -2.14. The van der Waals surface area contributed by atoms with Gasteiger partial charge in [0.25, 0.3) is 0 Å². The normalized spacial score (nSPS) is 11.5. The number of rotatable bonds is 17. The number of nitrogens with zero attached hydrogens (tertiary/aromatic N) is 2. The van der Waals surface area contributed by atoms with Gasteiger partial charge in [-0.1, -0.05) is 84.0 Å². The summed E-state index contributed by atoms with van der Waals surface area (Å²) in [6, 6.07) is 9.49. The fraction of sp³-hybridized carbons (Fsp3) is 0.630. The number of benzene rings is 1. The van der Waals surface area contributed by atoms with E-state index in [9.17, 15) is 0 Å². The summed E-state index contributed by atoms with van der Waals surface area (Å²) in [7, 11) is -0.877. The van der Waals surface area contributed by atoms with Crippen molar-refractivity contribution in [1.82, 2.24) is 9.97 Å². The summed E-state index contributed by atoms with van der Waals surface area (Å²) in [5.41, 5.74) is 0.992. The summed E-state index contributed by atoms with van der Waals surface area (Å²) in [5, 5.41) is 0. The number of ether oxygens (including phenoxy) is 2. The van der Waals surface area contributed by atoms with Gasteiger partial charge in [0.05, 0.1) is 25.6 Å². The number of unbranched alkanes of at least 4 members (excludes halogenated alkanes) is 8. The molecule has 1 aromatic carbocycles. The summed E-state index contributed by atoms with van der Waals surface area (Å²) in [4.78, 5) is 8.93. The van der Waals surface area contributed by atoms with E-state index < -0.39 is 8.07 Å². The largest absolute Gasteiger partial charge is 0.494 e. The summed E-state index contributed by atoms with van der Waals surface area (Å²) in [6.45, 7) is 11.1. The Bertz CT molecular complexity index is 727. The lowest BCUT2D eigenvalue weighted by molar-refractivity contribution is 0.302. The van der Waals surface area contributed by atoms with Crippen molar-refractivity contribution in [2.24, 2.45) is 0 Å². The SMILES string of the molecule is CCCCCCCCOc1cnc(-c2ccc(OCCCCCC[Si](C)(C)C)cc2)nc1. The van der Waals surface area contributed by atoms with Crippen LogP contribution in [0.3, 0.4) is 0 Å². The molecule has 0 spiro atoms. The van der Waals surface area contributed by atoms with E-state index in [0.29, 0.717) is 5.82 Å². The van der Waals surface area contributed by atoms with Crippen molar-refractivity contribution < 1.29 is 9.47 Å². The first-order valence-corrected chi connectivity index (χ1v) is 16.4. The van der Waals surface area contributed by atoms with E-state index in [4.69, 9.17) is 9.47 Å². The molecule has 4 nitrogen and oxygen atoms in total. The van der Waals surface area contributed by atoms with Gasteiger partial charge in [-0.15, -0.1) is 0 Å². The Hall–Kier alpha value is -1.88. The second-order valence-corrected chi connectivity index (χ2v) is 15.6. The maximum absolute atomic E-state index is 5.90. The fourth-order valence-electron chi connectivity index (χ4n) is 3.61. The zero-order valence-corrected chi connectivity index (χ0v) is 21.9. The number of aromatic nitrogens is 2. The van der Waals surface area contributed by atoms with Gasteiger partial charge >= 0.3 is 0 Å². The van der Waals surface area contributed by atoms with Crippen molar-refractivity contribution in [2.75, 3.05) is 13.2 Å². The van der Waals surface area contributed by atoms with Gasteiger partial charge < -0.3 is 9.47 Å². The second kappa shape index (κ2) is 15.0. The van der Waals surface area contributed by atoms with Crippen molar-refractivity contribution in [1.29, 1.82) is 0 Å². The van der Waals surface area contributed by atoms with Crippen LogP contribution in [0.1, 0.15) is 71.1 Å². The van der Waals surface area contributed by atoms with E-state index in [1.54, 1.807) is 12.4 Å². The Morgan fingerprint density at radius 1 is 0.656 bits per heavy atom. The second-order valence-electron chi connectivity index (χ2n) is 9.96. The molecule has 0 unspecified atom stereocenters. The molecule has 178 valence electrons. The highest BCUT2D eigenvalue weighted by molar-refractivity contribution is 6.76. The van der Waals surface area contributed by atoms with E-state index in [0.717, 1.165) is 43.1 Å². The minimum Gasteiger partial charge on any atom is -0.494 e. The molecular weight excluding hydrogens is 412 g/mol. The van der Waals surface area contributed by atoms with Crippen LogP contribution in [0.5, 0.6) is 11.5 Å². The quantitative estimate of drug-likeness (QED) is 0.178. The van der Waals surface area contributed by atoms with Crippen LogP contribution in [-0.2, 0) is 0 Å². The molecule has 32 heavy (non-hydrogen) atoms. The average molecular weight is 457 g/mol. The van der Waals surface area contributed by atoms with Crippen LogP contribution in [0, 0.1) is 0 Å². The predicted octanol–water partition coefficient (Wildman–Crippen LogP) is 8.16. The van der Waals surface area contributed by atoms with Gasteiger partial charge in [-0.05, 0) is 37.1 Å². The van der Waals surface area contributed by atoms with E-state index in [1.807, 2.05) is 24.3 Å². The van der Waals surface area contributed by atoms with Crippen molar-refractivity contribution in [2.45, 2.75) is 96.8 Å². The van der Waals surface area contributed by atoms with Gasteiger partial charge in [0, 0.05) is 13.6 Å². The molecule has 2 aromatic rings. The first-order chi connectivity index (χ1) is 15.5. The number of hydrogen-bond acceptors (Lipinski definition) is 4. The topological polar surface area (TPSA) is 44.2 Å². The minimum absolute atomic E-state index is 0.714. The molecule has 0 N–H and O–H groups in total. The third kappa shape index (κ3) is 11.7. The Morgan fingerprint density at radius 2 is 1.19 bits per heavy atom. The molecule has 2 rings (SSSR count). The van der Waals surface area contributed by atoms with Crippen LogP contribution in [0.25, 0.3) is 11.4 Å². The van der Waals surface area contributed by atoms with E-state index >= 15 is 0 Å². The molecule has 5 heteroatoms. The molecule has 0 bridgehead atoms. The summed E-state index contributed by atoms with van der Waals surface area (Å²) in [6.07, 6.45) is 16.2. The zero-order valence-electron chi connectivity index (χ0n) is 20.9. The monoisotopic (exact) mass is 456 g/mol. The van der Waals surface area contributed by atoms with Gasteiger partial charge in [-0.3, -0.25) is 0 Å². The lowest BCUT2D eigenvalue weighted by atomic mass is 10.1. The molecule has 0 saturated heterocycles. The Kier molecular flexibility index (Phi) is 12.4. The van der Waals surface area contributed by atoms with Crippen molar-refractivity contribution in [3.8, 4) is 22.9 Å². The van der Waals surface area contributed by atoms with Crippen molar-refractivity contribution in [3.05, 3.63) is 36.7 Å². The van der Waals surface area contributed by atoms with Gasteiger partial charge in [0.15, 0.2) is 11.6 Å². The van der Waals surface area contributed by atoms with Crippen molar-refractivity contribution >= 4 is 8.07 Å². The molecule has 1 heterocycles. The van der Waals surface area contributed by atoms with Crippen LogP contribution < -0.4 is 9.47 Å². The lowest BCUT2D eigenvalue weighted by Crippen LogP contribution is -2.18. The maximum Gasteiger partial charge on any atom is 0.159 e. The van der Waals surface area contributed by atoms with Crippen LogP contribution in [0.2, 0.25) is 25.7 Å². The number of hydrogen-bond donors (Lipinski definition) is 0. The summed E-state index contributed by atoms with van der Waals surface area (Å²) in [5.74, 6) is 2.37. The van der Waals surface area contributed by atoms with Crippen LogP contribution >= 0.6 is 0 Å². The molecule has 0 saturated carbocycles. The molecule has 0 amide bonds. The Labute approximate surface area is 197 Å². The molecule has 0 aliphatic carbocycles. The highest BCUT2D eigenvalue weighted by Crippen LogP contribution is 2.21. The zero-order chi connectivity index (χ0) is 23.1. The van der Waals surface area contributed by atoms with E-state index in [-0.39, 0.29) is 0 Å². The van der Waals surface area contributed by atoms with Crippen LogP contribution in [0.4, 0.5) is 0 Å². The predicted molar refractivity (Wildman–Crippen MR) is 138 cm³/mol. The molecule has 0 atom stereocenters. The Balaban J connectivity index is 1.63. The van der Waals surface area contributed by atoms with Crippen molar-refractivity contribution in [3.63, 3.8) is 0 Å². The van der Waals surface area contributed by atoms with Crippen LogP contribution in [-0.4, -0.2) is 31.3 Å². The van der Waals surface area contributed by atoms with Gasteiger partial charge in [0.1, 0.15) is 5.75 Å². The third-order valence-electron chi connectivity index (χ3n) is 5.60. The minimum atomic E-state index is -0.877. The smallest absolute Gasteiger partial charge is 0.159 e. The van der Waals surface area contributed by atoms with Gasteiger partial charge in [-0.2, -0.15) is 0 Å². The highest BCUT2D eigenvalue weighted by Gasteiger charge is 2.11. The molecule has 0 aliphatic heterocycles. The molecule has 0 fully saturated rings. The molecule has 0 radical (unpaired) electrons. The standard InChI is InChI=1S/C27H44N2O2Si/c1-5-6-7-8-9-12-20-31-26-22-28-27(29-23-26)24-15-17-25(18-16-24)30-19-13-10-11-14-21-32(2,3)4/h15-18,22-23H,5-14,19-21H2,1-4H3. The molecule has 0 aliphatic rings. The first-order valence-electron chi connectivity index (χ1n) is 12.7. The molecule has 1 aromatic heterocycles. The average Bonchev–Trinajstić information content (AvgIpc) is 2.78. The van der Waals surface area contributed by atoms with Gasteiger partial charge in [0.2, 0.25) is 0 Å². The Morgan fingerprint density at radius 3 is 1.78 bits per heavy atom. The third-order valence-corrected chi connectivity index (χ3v) is 7.45. The van der Waals surface area contributed by atoms with Crippen LogP contribution in [0.15, 0.2) is 36.7 Å². The van der Waals surface area contributed by atoms with Gasteiger partial charge in [-0.25, -0.2) is 9.97 Å².